The number of benzene rings is 1. The van der Waals surface area contributed by atoms with Crippen LogP contribution in [0.3, 0.4) is 0 Å². The molecule has 1 aliphatic heterocycles. The van der Waals surface area contributed by atoms with Crippen molar-refractivity contribution in [2.24, 2.45) is 5.92 Å². The van der Waals surface area contributed by atoms with E-state index in [0.717, 1.165) is 44.2 Å². The Kier molecular flexibility index (Phi) is 7.53. The number of anilines is 2. The SMILES string of the molecule is CCN1CCC(C(C#N)c2ccc(Nc3ncc(F)c(-c4cc(F)c5nc(C)n(C(C)C)c5c4)n3)nc2)CC1. The van der Waals surface area contributed by atoms with Gasteiger partial charge in [-0.05, 0) is 82.9 Å². The number of aryl methyl sites for hydroxylation is 1. The third kappa shape index (κ3) is 5.32. The maximum absolute atomic E-state index is 15.0. The van der Waals surface area contributed by atoms with Crippen LogP contribution in [0.4, 0.5) is 20.5 Å². The maximum Gasteiger partial charge on any atom is 0.229 e. The van der Waals surface area contributed by atoms with E-state index >= 15 is 0 Å². The van der Waals surface area contributed by atoms with Gasteiger partial charge in [-0.1, -0.05) is 13.0 Å². The number of piperidine rings is 1. The van der Waals surface area contributed by atoms with Crippen LogP contribution < -0.4 is 5.32 Å². The molecule has 1 aliphatic rings. The predicted molar refractivity (Wildman–Crippen MR) is 147 cm³/mol. The first-order valence-electron chi connectivity index (χ1n) is 13.3. The molecule has 1 unspecified atom stereocenters. The summed E-state index contributed by atoms with van der Waals surface area (Å²) in [5.41, 5.74) is 1.96. The fraction of sp³-hybridized carbons (Fsp3) is 0.414. The second-order valence-electron chi connectivity index (χ2n) is 10.3. The number of likely N-dealkylation sites (tertiary alicyclic amines) is 1. The minimum absolute atomic E-state index is 0.0259. The van der Waals surface area contributed by atoms with Crippen molar-refractivity contribution in [3.8, 4) is 17.3 Å². The smallest absolute Gasteiger partial charge is 0.229 e. The summed E-state index contributed by atoms with van der Waals surface area (Å²) in [4.78, 5) is 19.6. The van der Waals surface area contributed by atoms with Gasteiger partial charge in [-0.25, -0.2) is 28.7 Å². The molecule has 202 valence electrons. The van der Waals surface area contributed by atoms with E-state index in [1.165, 1.54) is 6.07 Å². The van der Waals surface area contributed by atoms with Gasteiger partial charge >= 0.3 is 0 Å². The molecule has 0 saturated carbocycles. The van der Waals surface area contributed by atoms with Gasteiger partial charge < -0.3 is 14.8 Å². The van der Waals surface area contributed by atoms with Crippen molar-refractivity contribution in [2.45, 2.75) is 52.5 Å². The Hall–Kier alpha value is -3.97. The quantitative estimate of drug-likeness (QED) is 0.307. The molecule has 8 nitrogen and oxygen atoms in total. The van der Waals surface area contributed by atoms with E-state index in [1.807, 2.05) is 31.4 Å². The van der Waals surface area contributed by atoms with Crippen LogP contribution in [0.25, 0.3) is 22.3 Å². The topological polar surface area (TPSA) is 95.6 Å². The van der Waals surface area contributed by atoms with Gasteiger partial charge in [-0.15, -0.1) is 0 Å². The zero-order valence-corrected chi connectivity index (χ0v) is 22.6. The molecule has 4 aromatic rings. The Balaban J connectivity index is 1.38. The largest absolute Gasteiger partial charge is 0.326 e. The second-order valence-corrected chi connectivity index (χ2v) is 10.3. The molecule has 0 aliphatic carbocycles. The molecule has 0 spiro atoms. The summed E-state index contributed by atoms with van der Waals surface area (Å²) in [6.45, 7) is 11.0. The Morgan fingerprint density at radius 1 is 1.08 bits per heavy atom. The highest BCUT2D eigenvalue weighted by atomic mass is 19.1. The Labute approximate surface area is 226 Å². The third-order valence-corrected chi connectivity index (χ3v) is 7.53. The van der Waals surface area contributed by atoms with Crippen molar-refractivity contribution in [2.75, 3.05) is 25.0 Å². The molecule has 1 fully saturated rings. The summed E-state index contributed by atoms with van der Waals surface area (Å²) in [6.07, 6.45) is 4.73. The zero-order valence-electron chi connectivity index (χ0n) is 22.6. The number of hydrogen-bond donors (Lipinski definition) is 1. The molecule has 1 aromatic carbocycles. The summed E-state index contributed by atoms with van der Waals surface area (Å²) in [5, 5.41) is 12.9. The Morgan fingerprint density at radius 2 is 1.85 bits per heavy atom. The Morgan fingerprint density at radius 3 is 2.49 bits per heavy atom. The summed E-state index contributed by atoms with van der Waals surface area (Å²) in [6, 6.07) is 9.12. The monoisotopic (exact) mass is 530 g/mol. The number of nitrogens with one attached hydrogen (secondary N) is 1. The van der Waals surface area contributed by atoms with Crippen LogP contribution in [0.2, 0.25) is 0 Å². The second kappa shape index (κ2) is 11.0. The Bertz CT molecular complexity index is 1520. The molecule has 0 amide bonds. The average Bonchev–Trinajstić information content (AvgIpc) is 3.28. The van der Waals surface area contributed by atoms with Crippen LogP contribution in [0.15, 0.2) is 36.7 Å². The van der Waals surface area contributed by atoms with Gasteiger partial charge in [-0.3, -0.25) is 0 Å². The number of halogens is 2. The van der Waals surface area contributed by atoms with Crippen LogP contribution in [0.1, 0.15) is 57.0 Å². The zero-order chi connectivity index (χ0) is 27.7. The number of nitrogens with zero attached hydrogens (tertiary/aromatic N) is 7. The lowest BCUT2D eigenvalue weighted by atomic mass is 9.81. The number of hydrogen-bond acceptors (Lipinski definition) is 7. The van der Waals surface area contributed by atoms with Crippen molar-refractivity contribution >= 4 is 22.8 Å². The molecule has 10 heteroatoms. The number of pyridine rings is 1. The van der Waals surface area contributed by atoms with Gasteiger partial charge in [0.1, 0.15) is 22.9 Å². The van der Waals surface area contributed by atoms with E-state index < -0.39 is 11.6 Å². The highest BCUT2D eigenvalue weighted by Gasteiger charge is 2.27. The molecular weight excluding hydrogens is 498 g/mol. The number of imidazole rings is 1. The first-order chi connectivity index (χ1) is 18.8. The van der Waals surface area contributed by atoms with E-state index in [1.54, 1.807) is 18.3 Å². The minimum Gasteiger partial charge on any atom is -0.326 e. The molecule has 39 heavy (non-hydrogen) atoms. The van der Waals surface area contributed by atoms with Crippen LogP contribution in [-0.2, 0) is 0 Å². The van der Waals surface area contributed by atoms with Gasteiger partial charge in [0.25, 0.3) is 0 Å². The van der Waals surface area contributed by atoms with Crippen molar-refractivity contribution in [3.63, 3.8) is 0 Å². The van der Waals surface area contributed by atoms with E-state index in [2.05, 4.69) is 43.1 Å². The van der Waals surface area contributed by atoms with Gasteiger partial charge in [-0.2, -0.15) is 5.26 Å². The van der Waals surface area contributed by atoms with E-state index in [-0.39, 0.29) is 29.1 Å². The molecule has 0 radical (unpaired) electrons. The van der Waals surface area contributed by atoms with Gasteiger partial charge in [0.15, 0.2) is 11.6 Å². The van der Waals surface area contributed by atoms with Gasteiger partial charge in [0, 0.05) is 17.8 Å². The summed E-state index contributed by atoms with van der Waals surface area (Å²) in [7, 11) is 0. The summed E-state index contributed by atoms with van der Waals surface area (Å²) >= 11 is 0. The molecular formula is C29H32F2N8. The van der Waals surface area contributed by atoms with Crippen LogP contribution in [0.5, 0.6) is 0 Å². The van der Waals surface area contributed by atoms with Gasteiger partial charge in [0.2, 0.25) is 5.95 Å². The van der Waals surface area contributed by atoms with Crippen LogP contribution in [0, 0.1) is 35.8 Å². The maximum atomic E-state index is 15.0. The fourth-order valence-electron chi connectivity index (χ4n) is 5.52. The first-order valence-corrected chi connectivity index (χ1v) is 13.3. The average molecular weight is 531 g/mol. The molecule has 1 atom stereocenters. The van der Waals surface area contributed by atoms with Crippen molar-refractivity contribution in [1.82, 2.24) is 29.4 Å². The molecule has 1 saturated heterocycles. The fourth-order valence-corrected chi connectivity index (χ4v) is 5.52. The predicted octanol–water partition coefficient (Wildman–Crippen LogP) is 6.14. The molecule has 0 bridgehead atoms. The van der Waals surface area contributed by atoms with E-state index in [9.17, 15) is 14.0 Å². The van der Waals surface area contributed by atoms with Crippen molar-refractivity contribution < 1.29 is 8.78 Å². The lowest BCUT2D eigenvalue weighted by molar-refractivity contribution is 0.185. The van der Waals surface area contributed by atoms with Crippen molar-refractivity contribution in [1.29, 1.82) is 5.26 Å². The van der Waals surface area contributed by atoms with Crippen LogP contribution >= 0.6 is 0 Å². The van der Waals surface area contributed by atoms with Crippen LogP contribution in [-0.4, -0.2) is 49.0 Å². The van der Waals surface area contributed by atoms with Crippen molar-refractivity contribution in [3.05, 3.63) is 59.7 Å². The molecule has 3 aromatic heterocycles. The highest BCUT2D eigenvalue weighted by Crippen LogP contribution is 2.33. The number of nitriles is 1. The molecule has 1 N–H and O–H groups in total. The lowest BCUT2D eigenvalue weighted by Gasteiger charge is -2.33. The third-order valence-electron chi connectivity index (χ3n) is 7.53. The lowest BCUT2D eigenvalue weighted by Crippen LogP contribution is -2.35. The number of fused-ring (bicyclic) bond motifs is 1. The minimum atomic E-state index is -0.666. The van der Waals surface area contributed by atoms with E-state index in [4.69, 9.17) is 0 Å². The molecule has 4 heterocycles. The van der Waals surface area contributed by atoms with Gasteiger partial charge in [0.05, 0.1) is 23.7 Å². The number of aromatic nitrogens is 5. The first kappa shape index (κ1) is 26.6. The van der Waals surface area contributed by atoms with E-state index in [0.29, 0.717) is 28.6 Å². The summed E-state index contributed by atoms with van der Waals surface area (Å²) in [5.74, 6) is 0.152. The highest BCUT2D eigenvalue weighted by molar-refractivity contribution is 5.83. The summed E-state index contributed by atoms with van der Waals surface area (Å²) < 4.78 is 31.7. The number of rotatable bonds is 7. The molecule has 5 rings (SSSR count). The standard InChI is InChI=1S/C29H32F2N8/c1-5-38-10-8-19(9-11-38)22(14-32)20-6-7-26(33-15-20)36-29-34-16-24(31)27(37-29)21-12-23(30)28-25(13-21)39(17(2)3)18(4)35-28/h6-7,12-13,15-17,19,22H,5,8-11H2,1-4H3,(H,33,34,36,37). The normalized spacial score (nSPS) is 15.5.